The molecular formula is C23H27N3OS. The van der Waals surface area contributed by atoms with Gasteiger partial charge in [-0.3, -0.25) is 4.79 Å². The summed E-state index contributed by atoms with van der Waals surface area (Å²) in [6, 6.07) is 11.9. The van der Waals surface area contributed by atoms with Crippen LogP contribution in [-0.4, -0.2) is 15.9 Å². The van der Waals surface area contributed by atoms with Gasteiger partial charge >= 0.3 is 0 Å². The minimum atomic E-state index is 0.160. The molecule has 0 spiro atoms. The molecule has 1 fully saturated rings. The first-order chi connectivity index (χ1) is 13.7. The van der Waals surface area contributed by atoms with Crippen LogP contribution >= 0.6 is 11.3 Å². The zero-order chi connectivity index (χ0) is 19.3. The van der Waals surface area contributed by atoms with Gasteiger partial charge in [-0.05, 0) is 68.0 Å². The summed E-state index contributed by atoms with van der Waals surface area (Å²) >= 11 is 1.59. The Labute approximate surface area is 170 Å². The fourth-order valence-electron chi connectivity index (χ4n) is 4.04. The van der Waals surface area contributed by atoms with Crippen molar-refractivity contribution < 1.29 is 4.79 Å². The number of nitrogens with zero attached hydrogens (tertiary/aromatic N) is 2. The molecule has 1 saturated carbocycles. The molecule has 146 valence electrons. The van der Waals surface area contributed by atoms with Gasteiger partial charge in [0.2, 0.25) is 5.91 Å². The number of hydrogen-bond acceptors (Lipinski definition) is 4. The van der Waals surface area contributed by atoms with Crippen molar-refractivity contribution in [2.45, 2.75) is 51.9 Å². The highest BCUT2D eigenvalue weighted by Gasteiger charge is 2.26. The van der Waals surface area contributed by atoms with E-state index in [1.165, 1.54) is 32.1 Å². The second-order valence-electron chi connectivity index (χ2n) is 7.77. The van der Waals surface area contributed by atoms with Crippen LogP contribution < -0.4 is 5.32 Å². The molecule has 1 aliphatic carbocycles. The van der Waals surface area contributed by atoms with Crippen LogP contribution in [0.1, 0.15) is 51.9 Å². The maximum atomic E-state index is 12.6. The van der Waals surface area contributed by atoms with Crippen molar-refractivity contribution >= 4 is 33.3 Å². The Hall–Kier alpha value is -2.27. The first kappa shape index (κ1) is 19.1. The van der Waals surface area contributed by atoms with E-state index in [4.69, 9.17) is 0 Å². The maximum absolute atomic E-state index is 12.6. The number of amides is 1. The number of nitrogens with one attached hydrogen (secondary N) is 1. The van der Waals surface area contributed by atoms with Gasteiger partial charge < -0.3 is 5.32 Å². The van der Waals surface area contributed by atoms with E-state index in [2.05, 4.69) is 22.2 Å². The minimum absolute atomic E-state index is 0.160. The standard InChI is InChI=1S/C23H27N3OS/c1-2-3-5-16-7-9-17(10-8-16)21(27)25-19-13-11-18(12-14-19)22-26-20-6-4-15-24-23(20)28-22/h4,6,11-17H,2-3,5,7-10H2,1H3,(H,25,27). The molecule has 1 N–H and O–H groups in total. The number of aromatic nitrogens is 2. The molecule has 4 rings (SSSR count). The van der Waals surface area contributed by atoms with Crippen molar-refractivity contribution in [3.05, 3.63) is 42.6 Å². The fourth-order valence-corrected chi connectivity index (χ4v) is 4.95. The Balaban J connectivity index is 1.35. The third kappa shape index (κ3) is 4.41. The van der Waals surface area contributed by atoms with Crippen LogP contribution in [0.2, 0.25) is 0 Å². The first-order valence-electron chi connectivity index (χ1n) is 10.4. The van der Waals surface area contributed by atoms with E-state index in [-0.39, 0.29) is 11.8 Å². The lowest BCUT2D eigenvalue weighted by Gasteiger charge is -2.27. The normalized spacial score (nSPS) is 19.6. The van der Waals surface area contributed by atoms with Crippen molar-refractivity contribution in [2.24, 2.45) is 11.8 Å². The molecule has 2 heterocycles. The van der Waals surface area contributed by atoms with Gasteiger partial charge in [-0.15, -0.1) is 0 Å². The molecule has 2 aromatic heterocycles. The highest BCUT2D eigenvalue weighted by molar-refractivity contribution is 7.21. The molecule has 1 aromatic carbocycles. The second kappa shape index (κ2) is 8.82. The summed E-state index contributed by atoms with van der Waals surface area (Å²) in [5.74, 6) is 1.16. The van der Waals surface area contributed by atoms with Gasteiger partial charge in [0.1, 0.15) is 15.4 Å². The Morgan fingerprint density at radius 1 is 1.14 bits per heavy atom. The number of carbonyl (C=O) groups is 1. The molecule has 28 heavy (non-hydrogen) atoms. The van der Waals surface area contributed by atoms with E-state index in [1.807, 2.05) is 36.4 Å². The first-order valence-corrected chi connectivity index (χ1v) is 11.2. The van der Waals surface area contributed by atoms with Crippen LogP contribution in [-0.2, 0) is 4.79 Å². The van der Waals surface area contributed by atoms with Crippen molar-refractivity contribution in [1.82, 2.24) is 9.97 Å². The number of benzene rings is 1. The summed E-state index contributed by atoms with van der Waals surface area (Å²) in [5, 5.41) is 4.06. The molecule has 1 amide bonds. The van der Waals surface area contributed by atoms with Gasteiger partial charge in [-0.1, -0.05) is 37.5 Å². The minimum Gasteiger partial charge on any atom is -0.326 e. The van der Waals surface area contributed by atoms with Gasteiger partial charge in [0.25, 0.3) is 0 Å². The average molecular weight is 394 g/mol. The second-order valence-corrected chi connectivity index (χ2v) is 8.75. The highest BCUT2D eigenvalue weighted by Crippen LogP contribution is 2.33. The predicted octanol–water partition coefficient (Wildman–Crippen LogP) is 6.29. The van der Waals surface area contributed by atoms with Crippen molar-refractivity contribution in [3.8, 4) is 10.6 Å². The Morgan fingerprint density at radius 3 is 2.64 bits per heavy atom. The number of carbonyl (C=O) groups excluding carboxylic acids is 1. The molecule has 1 aliphatic rings. The molecule has 4 nitrogen and oxygen atoms in total. The van der Waals surface area contributed by atoms with Gasteiger partial charge in [-0.25, -0.2) is 9.97 Å². The van der Waals surface area contributed by atoms with Crippen LogP contribution in [0.4, 0.5) is 5.69 Å². The van der Waals surface area contributed by atoms with Crippen LogP contribution in [0.3, 0.4) is 0 Å². The lowest BCUT2D eigenvalue weighted by molar-refractivity contribution is -0.121. The van der Waals surface area contributed by atoms with Crippen molar-refractivity contribution in [3.63, 3.8) is 0 Å². The van der Waals surface area contributed by atoms with Crippen LogP contribution in [0.5, 0.6) is 0 Å². The monoisotopic (exact) mass is 393 g/mol. The van der Waals surface area contributed by atoms with Crippen LogP contribution in [0, 0.1) is 11.8 Å². The van der Waals surface area contributed by atoms with Gasteiger partial charge in [0.15, 0.2) is 0 Å². The molecule has 0 bridgehead atoms. The zero-order valence-electron chi connectivity index (χ0n) is 16.4. The molecule has 0 saturated heterocycles. The molecule has 5 heteroatoms. The van der Waals surface area contributed by atoms with Crippen molar-refractivity contribution in [1.29, 1.82) is 0 Å². The molecule has 0 unspecified atom stereocenters. The van der Waals surface area contributed by atoms with E-state index in [9.17, 15) is 4.79 Å². The molecular weight excluding hydrogens is 366 g/mol. The fraction of sp³-hybridized carbons (Fsp3) is 0.435. The summed E-state index contributed by atoms with van der Waals surface area (Å²) in [6.45, 7) is 2.25. The Bertz CT molecular complexity index is 893. The van der Waals surface area contributed by atoms with Crippen LogP contribution in [0.15, 0.2) is 42.6 Å². The molecule has 0 atom stereocenters. The topological polar surface area (TPSA) is 54.9 Å². The number of hydrogen-bond donors (Lipinski definition) is 1. The number of thiazole rings is 1. The lowest BCUT2D eigenvalue weighted by Crippen LogP contribution is -2.27. The SMILES string of the molecule is CCCCC1CCC(C(=O)Nc2ccc(-c3nc4cccnc4s3)cc2)CC1. The van der Waals surface area contributed by atoms with E-state index in [1.54, 1.807) is 17.5 Å². The molecule has 0 radical (unpaired) electrons. The number of pyridine rings is 1. The third-order valence-corrected chi connectivity index (χ3v) is 6.78. The third-order valence-electron chi connectivity index (χ3n) is 5.75. The van der Waals surface area contributed by atoms with E-state index >= 15 is 0 Å². The quantitative estimate of drug-likeness (QED) is 0.535. The Kier molecular flexibility index (Phi) is 6.01. The van der Waals surface area contributed by atoms with Gasteiger partial charge in [0, 0.05) is 23.4 Å². The van der Waals surface area contributed by atoms with E-state index < -0.39 is 0 Å². The largest absolute Gasteiger partial charge is 0.326 e. The summed E-state index contributed by atoms with van der Waals surface area (Å²) in [7, 11) is 0. The summed E-state index contributed by atoms with van der Waals surface area (Å²) in [4.78, 5) is 22.6. The summed E-state index contributed by atoms with van der Waals surface area (Å²) in [6.07, 6.45) is 10.1. The van der Waals surface area contributed by atoms with Gasteiger partial charge in [-0.2, -0.15) is 0 Å². The molecule has 0 aliphatic heterocycles. The highest BCUT2D eigenvalue weighted by atomic mass is 32.1. The summed E-state index contributed by atoms with van der Waals surface area (Å²) in [5.41, 5.74) is 2.84. The van der Waals surface area contributed by atoms with Gasteiger partial charge in [0.05, 0.1) is 0 Å². The maximum Gasteiger partial charge on any atom is 0.227 e. The smallest absolute Gasteiger partial charge is 0.227 e. The Morgan fingerprint density at radius 2 is 1.93 bits per heavy atom. The van der Waals surface area contributed by atoms with Crippen molar-refractivity contribution in [2.75, 3.05) is 5.32 Å². The predicted molar refractivity (Wildman–Crippen MR) is 116 cm³/mol. The number of rotatable bonds is 6. The average Bonchev–Trinajstić information content (AvgIpc) is 3.17. The number of fused-ring (bicyclic) bond motifs is 1. The zero-order valence-corrected chi connectivity index (χ0v) is 17.2. The molecule has 3 aromatic rings. The van der Waals surface area contributed by atoms with E-state index in [0.29, 0.717) is 0 Å². The van der Waals surface area contributed by atoms with E-state index in [0.717, 1.165) is 45.4 Å². The number of anilines is 1. The van der Waals surface area contributed by atoms with Crippen LogP contribution in [0.25, 0.3) is 20.9 Å². The number of unbranched alkanes of at least 4 members (excludes halogenated alkanes) is 1. The summed E-state index contributed by atoms with van der Waals surface area (Å²) < 4.78 is 0. The lowest BCUT2D eigenvalue weighted by atomic mass is 9.79.